The summed E-state index contributed by atoms with van der Waals surface area (Å²) in [6.45, 7) is 5.98. The number of carbonyl (C=O) groups is 1. The van der Waals surface area contributed by atoms with E-state index in [9.17, 15) is 9.90 Å². The van der Waals surface area contributed by atoms with Crippen LogP contribution >= 0.6 is 0 Å². The first kappa shape index (κ1) is 16.4. The van der Waals surface area contributed by atoms with E-state index in [0.717, 1.165) is 12.1 Å². The molecule has 1 rings (SSSR count). The molecule has 0 bridgehead atoms. The molecule has 0 saturated carbocycles. The summed E-state index contributed by atoms with van der Waals surface area (Å²) in [7, 11) is 1.63. The molecule has 0 unspecified atom stereocenters. The Morgan fingerprint density at radius 2 is 2.10 bits per heavy atom. The van der Waals surface area contributed by atoms with Gasteiger partial charge in [-0.2, -0.15) is 0 Å². The van der Waals surface area contributed by atoms with Crippen LogP contribution in [0.15, 0.2) is 6.07 Å². The highest BCUT2D eigenvalue weighted by Gasteiger charge is 2.15. The van der Waals surface area contributed by atoms with E-state index in [1.807, 2.05) is 6.92 Å². The van der Waals surface area contributed by atoms with Crippen molar-refractivity contribution in [3.63, 3.8) is 0 Å². The van der Waals surface area contributed by atoms with Crippen LogP contribution in [0.3, 0.4) is 0 Å². The minimum absolute atomic E-state index is 0.232. The van der Waals surface area contributed by atoms with Crippen molar-refractivity contribution in [3.8, 4) is 0 Å². The van der Waals surface area contributed by atoms with E-state index in [0.29, 0.717) is 37.7 Å². The molecule has 0 aliphatic carbocycles. The summed E-state index contributed by atoms with van der Waals surface area (Å²) in [6, 6.07) is 1.77. The molecule has 1 heterocycles. The molecular formula is C14H22N2O4. The van der Waals surface area contributed by atoms with Gasteiger partial charge < -0.3 is 19.9 Å². The summed E-state index contributed by atoms with van der Waals surface area (Å²) < 4.78 is 10.2. The number of nitrogens with zero attached hydrogens (tertiary/aromatic N) is 1. The van der Waals surface area contributed by atoms with Crippen LogP contribution in [0, 0.1) is 13.8 Å². The predicted octanol–water partition coefficient (Wildman–Crippen LogP) is 1.86. The van der Waals surface area contributed by atoms with Gasteiger partial charge in [-0.05, 0) is 31.9 Å². The van der Waals surface area contributed by atoms with Gasteiger partial charge in [0.2, 0.25) is 0 Å². The second-order valence-corrected chi connectivity index (χ2v) is 4.49. The lowest BCUT2D eigenvalue weighted by Crippen LogP contribution is -2.13. The first-order valence-corrected chi connectivity index (χ1v) is 6.58. The molecule has 0 aromatic carbocycles. The third-order valence-electron chi connectivity index (χ3n) is 2.75. The number of nitrogens with one attached hydrogen (secondary N) is 1. The van der Waals surface area contributed by atoms with Crippen LogP contribution in [0.2, 0.25) is 0 Å². The number of anilines is 1. The van der Waals surface area contributed by atoms with Gasteiger partial charge >= 0.3 is 5.97 Å². The van der Waals surface area contributed by atoms with Crippen molar-refractivity contribution in [2.45, 2.75) is 20.3 Å². The van der Waals surface area contributed by atoms with Gasteiger partial charge in [0, 0.05) is 26.0 Å². The topological polar surface area (TPSA) is 80.7 Å². The van der Waals surface area contributed by atoms with Gasteiger partial charge in [0.15, 0.2) is 0 Å². The summed E-state index contributed by atoms with van der Waals surface area (Å²) in [5, 5.41) is 12.3. The molecule has 0 spiro atoms. The van der Waals surface area contributed by atoms with E-state index in [1.165, 1.54) is 0 Å². The fourth-order valence-electron chi connectivity index (χ4n) is 1.86. The molecule has 0 fully saturated rings. The van der Waals surface area contributed by atoms with Crippen molar-refractivity contribution in [1.82, 2.24) is 4.98 Å². The van der Waals surface area contributed by atoms with E-state index in [-0.39, 0.29) is 5.56 Å². The van der Waals surface area contributed by atoms with Gasteiger partial charge in [0.25, 0.3) is 0 Å². The molecule has 1 aromatic rings. The maximum atomic E-state index is 11.2. The zero-order valence-electron chi connectivity index (χ0n) is 12.2. The molecule has 1 aromatic heterocycles. The van der Waals surface area contributed by atoms with Crippen LogP contribution in [-0.2, 0) is 9.47 Å². The Labute approximate surface area is 119 Å². The number of carboxylic acid groups (broad SMARTS) is 1. The van der Waals surface area contributed by atoms with Gasteiger partial charge in [-0.15, -0.1) is 0 Å². The lowest BCUT2D eigenvalue weighted by molar-refractivity contribution is 0.0696. The van der Waals surface area contributed by atoms with Gasteiger partial charge in [-0.1, -0.05) is 0 Å². The molecule has 112 valence electrons. The van der Waals surface area contributed by atoms with Crippen LogP contribution in [0.1, 0.15) is 28.0 Å². The third kappa shape index (κ3) is 5.14. The number of aromatic nitrogens is 1. The van der Waals surface area contributed by atoms with Crippen LogP contribution in [0.25, 0.3) is 0 Å². The number of hydrogen-bond donors (Lipinski definition) is 2. The summed E-state index contributed by atoms with van der Waals surface area (Å²) in [5.41, 5.74) is 1.74. The predicted molar refractivity (Wildman–Crippen MR) is 76.5 cm³/mol. The Kier molecular flexibility index (Phi) is 6.97. The van der Waals surface area contributed by atoms with Gasteiger partial charge in [0.1, 0.15) is 11.4 Å². The maximum absolute atomic E-state index is 11.2. The van der Waals surface area contributed by atoms with E-state index in [1.54, 1.807) is 20.1 Å². The SMILES string of the molecule is COCCOCCCNc1nc(C)cc(C)c1C(=O)O. The van der Waals surface area contributed by atoms with Crippen molar-refractivity contribution in [2.75, 3.05) is 38.8 Å². The molecule has 6 heteroatoms. The highest BCUT2D eigenvalue weighted by Crippen LogP contribution is 2.18. The van der Waals surface area contributed by atoms with Crippen LogP contribution in [0.5, 0.6) is 0 Å². The summed E-state index contributed by atoms with van der Waals surface area (Å²) >= 11 is 0. The molecule has 0 aliphatic heterocycles. The zero-order valence-corrected chi connectivity index (χ0v) is 12.2. The minimum Gasteiger partial charge on any atom is -0.478 e. The summed E-state index contributed by atoms with van der Waals surface area (Å²) in [4.78, 5) is 15.5. The summed E-state index contributed by atoms with van der Waals surface area (Å²) in [6.07, 6.45) is 0.775. The lowest BCUT2D eigenvalue weighted by Gasteiger charge is -2.12. The molecule has 0 aliphatic rings. The fourth-order valence-corrected chi connectivity index (χ4v) is 1.86. The molecule has 2 N–H and O–H groups in total. The van der Waals surface area contributed by atoms with E-state index >= 15 is 0 Å². The maximum Gasteiger partial charge on any atom is 0.339 e. The van der Waals surface area contributed by atoms with Crippen molar-refractivity contribution in [3.05, 3.63) is 22.9 Å². The lowest BCUT2D eigenvalue weighted by atomic mass is 10.1. The number of pyridine rings is 1. The zero-order chi connectivity index (χ0) is 15.0. The monoisotopic (exact) mass is 282 g/mol. The van der Waals surface area contributed by atoms with Gasteiger partial charge in [0.05, 0.1) is 13.2 Å². The van der Waals surface area contributed by atoms with E-state index < -0.39 is 5.97 Å². The molecule has 0 saturated heterocycles. The highest BCUT2D eigenvalue weighted by molar-refractivity contribution is 5.94. The first-order chi connectivity index (χ1) is 9.56. The number of ether oxygens (including phenoxy) is 2. The third-order valence-corrected chi connectivity index (χ3v) is 2.75. The highest BCUT2D eigenvalue weighted by atomic mass is 16.5. The van der Waals surface area contributed by atoms with Crippen molar-refractivity contribution in [2.24, 2.45) is 0 Å². The first-order valence-electron chi connectivity index (χ1n) is 6.58. The van der Waals surface area contributed by atoms with E-state index in [4.69, 9.17) is 9.47 Å². The normalized spacial score (nSPS) is 10.6. The van der Waals surface area contributed by atoms with Crippen molar-refractivity contribution in [1.29, 1.82) is 0 Å². The Morgan fingerprint density at radius 1 is 1.35 bits per heavy atom. The minimum atomic E-state index is -0.964. The van der Waals surface area contributed by atoms with Crippen LogP contribution in [0.4, 0.5) is 5.82 Å². The second-order valence-electron chi connectivity index (χ2n) is 4.49. The summed E-state index contributed by atoms with van der Waals surface area (Å²) in [5.74, 6) is -0.541. The average molecular weight is 282 g/mol. The number of carboxylic acids is 1. The molecular weight excluding hydrogens is 260 g/mol. The Morgan fingerprint density at radius 3 is 2.75 bits per heavy atom. The second kappa shape index (κ2) is 8.50. The molecule has 20 heavy (non-hydrogen) atoms. The number of aromatic carboxylic acids is 1. The number of hydrogen-bond acceptors (Lipinski definition) is 5. The molecule has 6 nitrogen and oxygen atoms in total. The quantitative estimate of drug-likeness (QED) is 0.673. The van der Waals surface area contributed by atoms with Gasteiger partial charge in [-0.3, -0.25) is 0 Å². The Bertz CT molecular complexity index is 449. The molecule has 0 amide bonds. The smallest absolute Gasteiger partial charge is 0.339 e. The average Bonchev–Trinajstić information content (AvgIpc) is 2.36. The Balaban J connectivity index is 2.49. The standard InChI is InChI=1S/C14H22N2O4/c1-10-9-11(2)16-13(12(10)14(17)18)15-5-4-6-20-8-7-19-3/h9H,4-8H2,1-3H3,(H,15,16)(H,17,18). The molecule has 0 atom stereocenters. The largest absolute Gasteiger partial charge is 0.478 e. The van der Waals surface area contributed by atoms with Gasteiger partial charge in [-0.25, -0.2) is 9.78 Å². The molecule has 0 radical (unpaired) electrons. The van der Waals surface area contributed by atoms with Crippen molar-refractivity contribution < 1.29 is 19.4 Å². The fraction of sp³-hybridized carbons (Fsp3) is 0.571. The number of rotatable bonds is 9. The van der Waals surface area contributed by atoms with Crippen LogP contribution in [-0.4, -0.2) is 49.5 Å². The Hall–Kier alpha value is -1.66. The van der Waals surface area contributed by atoms with E-state index in [2.05, 4.69) is 10.3 Å². The van der Waals surface area contributed by atoms with Crippen LogP contribution < -0.4 is 5.32 Å². The number of aryl methyl sites for hydroxylation is 2. The van der Waals surface area contributed by atoms with Crippen molar-refractivity contribution >= 4 is 11.8 Å². The number of methoxy groups -OCH3 is 1.